The molecule has 5 unspecified atom stereocenters. The van der Waals surface area contributed by atoms with Gasteiger partial charge in [-0.3, -0.25) is 0 Å². The second-order valence-electron chi connectivity index (χ2n) is 3.23. The average Bonchev–Trinajstić information content (AvgIpc) is 2.25. The maximum Gasteiger partial charge on any atom is 0.132 e. The summed E-state index contributed by atoms with van der Waals surface area (Å²) in [6.45, 7) is -0.424. The lowest BCUT2D eigenvalue weighted by Gasteiger charge is -2.39. The fraction of sp³-hybridized carbons (Fsp3) is 0.875. The minimum Gasteiger partial charge on any atom is -0.394 e. The number of aliphatic hydroxyl groups excluding tert-OH is 4. The van der Waals surface area contributed by atoms with E-state index < -0.39 is 36.5 Å². The van der Waals surface area contributed by atoms with Crippen molar-refractivity contribution >= 4 is 18.0 Å². The second kappa shape index (κ2) is 5.78. The highest BCUT2D eigenvalue weighted by Gasteiger charge is 2.43. The largest absolute Gasteiger partial charge is 0.394 e. The molecule has 15 heavy (non-hydrogen) atoms. The molecule has 0 spiro atoms. The molecule has 7 heteroatoms. The van der Waals surface area contributed by atoms with Crippen LogP contribution in [0.25, 0.3) is 0 Å². The van der Waals surface area contributed by atoms with Crippen molar-refractivity contribution in [2.45, 2.75) is 29.9 Å². The summed E-state index contributed by atoms with van der Waals surface area (Å²) < 4.78 is 5.18. The first-order chi connectivity index (χ1) is 7.11. The van der Waals surface area contributed by atoms with Crippen molar-refractivity contribution in [1.29, 1.82) is 5.41 Å². The lowest BCUT2D eigenvalue weighted by atomic mass is 10.0. The Hall–Kier alpha value is -0.180. The van der Waals surface area contributed by atoms with E-state index in [1.807, 2.05) is 0 Å². The first-order valence-electron chi connectivity index (χ1n) is 4.53. The Balaban J connectivity index is 2.60. The smallest absolute Gasteiger partial charge is 0.132 e. The van der Waals surface area contributed by atoms with Crippen LogP contribution in [0.15, 0.2) is 0 Å². The summed E-state index contributed by atoms with van der Waals surface area (Å²) in [6, 6.07) is 0. The molecule has 1 fully saturated rings. The Morgan fingerprint density at radius 1 is 1.20 bits per heavy atom. The zero-order chi connectivity index (χ0) is 11.4. The summed E-state index contributed by atoms with van der Waals surface area (Å²) in [5, 5.41) is 44.1. The first-order valence-corrected chi connectivity index (χ1v) is 5.57. The third-order valence-electron chi connectivity index (χ3n) is 2.19. The Kier molecular flexibility index (Phi) is 4.97. The van der Waals surface area contributed by atoms with E-state index in [9.17, 15) is 15.3 Å². The van der Waals surface area contributed by atoms with Gasteiger partial charge in [-0.05, 0) is 0 Å². The molecule has 6 nitrogen and oxygen atoms in total. The Bertz CT molecular complexity index is 215. The van der Waals surface area contributed by atoms with E-state index in [-0.39, 0.29) is 0 Å². The number of aliphatic hydroxyl groups is 4. The molecule has 1 aliphatic rings. The van der Waals surface area contributed by atoms with Gasteiger partial charge in [0.1, 0.15) is 29.9 Å². The Morgan fingerprint density at radius 3 is 2.40 bits per heavy atom. The van der Waals surface area contributed by atoms with E-state index in [1.165, 1.54) is 0 Å². The minimum atomic E-state index is -1.33. The lowest BCUT2D eigenvalue weighted by molar-refractivity contribution is -0.205. The van der Waals surface area contributed by atoms with E-state index in [0.717, 1.165) is 18.0 Å². The van der Waals surface area contributed by atoms with Crippen LogP contribution in [0.2, 0.25) is 0 Å². The highest BCUT2D eigenvalue weighted by atomic mass is 32.2. The van der Waals surface area contributed by atoms with E-state index in [0.29, 0.717) is 5.75 Å². The van der Waals surface area contributed by atoms with Crippen LogP contribution in [-0.2, 0) is 4.74 Å². The van der Waals surface area contributed by atoms with Gasteiger partial charge < -0.3 is 30.6 Å². The van der Waals surface area contributed by atoms with E-state index in [2.05, 4.69) is 0 Å². The summed E-state index contributed by atoms with van der Waals surface area (Å²) in [6.07, 6.45) is -3.59. The van der Waals surface area contributed by atoms with Crippen LogP contribution in [0.5, 0.6) is 0 Å². The normalized spacial score (nSPS) is 41.5. The van der Waals surface area contributed by atoms with E-state index in [4.69, 9.17) is 15.3 Å². The quantitative estimate of drug-likeness (QED) is 0.367. The first kappa shape index (κ1) is 12.9. The van der Waals surface area contributed by atoms with Gasteiger partial charge in [0, 0.05) is 12.0 Å². The standard InChI is InChI=1S/C8H15NO5S/c9-1-2-15-8-7(13)6(12)5(11)4(3-10)14-8/h1,4-13H,2-3H2. The molecule has 1 rings (SSSR count). The SMILES string of the molecule is N=CCSC1OC(CO)C(O)C(O)C1O. The number of nitrogens with one attached hydrogen (secondary N) is 1. The molecular formula is C8H15NO5S. The molecule has 0 aromatic carbocycles. The molecule has 0 saturated carbocycles. The van der Waals surface area contributed by atoms with Gasteiger partial charge in [-0.1, -0.05) is 0 Å². The second-order valence-corrected chi connectivity index (χ2v) is 4.37. The molecule has 0 bridgehead atoms. The van der Waals surface area contributed by atoms with Gasteiger partial charge >= 0.3 is 0 Å². The monoisotopic (exact) mass is 237 g/mol. The van der Waals surface area contributed by atoms with Gasteiger partial charge in [-0.2, -0.15) is 0 Å². The molecule has 0 radical (unpaired) electrons. The third-order valence-corrected chi connectivity index (χ3v) is 3.27. The molecule has 5 atom stereocenters. The summed E-state index contributed by atoms with van der Waals surface area (Å²) in [5.41, 5.74) is -0.734. The third kappa shape index (κ3) is 2.90. The van der Waals surface area contributed by atoms with Gasteiger partial charge in [0.25, 0.3) is 0 Å². The van der Waals surface area contributed by atoms with Gasteiger partial charge in [0.2, 0.25) is 0 Å². The zero-order valence-electron chi connectivity index (χ0n) is 7.98. The lowest BCUT2D eigenvalue weighted by Crippen LogP contribution is -2.57. The van der Waals surface area contributed by atoms with Crippen LogP contribution in [-0.4, -0.2) is 68.9 Å². The molecule has 0 aromatic heterocycles. The van der Waals surface area contributed by atoms with Crippen molar-refractivity contribution in [3.8, 4) is 0 Å². The minimum absolute atomic E-state index is 0.336. The number of hydrogen-bond acceptors (Lipinski definition) is 7. The predicted octanol–water partition coefficient (Wildman–Crippen LogP) is -1.83. The van der Waals surface area contributed by atoms with Gasteiger partial charge in [0.15, 0.2) is 0 Å². The molecule has 0 aromatic rings. The average molecular weight is 237 g/mol. The molecule has 1 saturated heterocycles. The van der Waals surface area contributed by atoms with Crippen LogP contribution in [0, 0.1) is 5.41 Å². The van der Waals surface area contributed by atoms with Gasteiger partial charge in [-0.15, -0.1) is 11.8 Å². The summed E-state index contributed by atoms with van der Waals surface area (Å²) in [5.74, 6) is 0.336. The molecule has 5 N–H and O–H groups in total. The highest BCUT2D eigenvalue weighted by Crippen LogP contribution is 2.27. The van der Waals surface area contributed by atoms with E-state index >= 15 is 0 Å². The van der Waals surface area contributed by atoms with Crippen LogP contribution in [0.3, 0.4) is 0 Å². The van der Waals surface area contributed by atoms with Crippen LogP contribution in [0.1, 0.15) is 0 Å². The van der Waals surface area contributed by atoms with Crippen LogP contribution in [0.4, 0.5) is 0 Å². The molecule has 0 aliphatic carbocycles. The zero-order valence-corrected chi connectivity index (χ0v) is 8.80. The van der Waals surface area contributed by atoms with E-state index in [1.54, 1.807) is 0 Å². The Morgan fingerprint density at radius 2 is 1.87 bits per heavy atom. The maximum absolute atomic E-state index is 9.54. The molecule has 0 amide bonds. The predicted molar refractivity (Wildman–Crippen MR) is 55.0 cm³/mol. The molecular weight excluding hydrogens is 222 g/mol. The van der Waals surface area contributed by atoms with Crippen molar-refractivity contribution in [2.24, 2.45) is 0 Å². The van der Waals surface area contributed by atoms with Crippen LogP contribution >= 0.6 is 11.8 Å². The van der Waals surface area contributed by atoms with Crippen molar-refractivity contribution < 1.29 is 25.2 Å². The van der Waals surface area contributed by atoms with Crippen molar-refractivity contribution in [3.63, 3.8) is 0 Å². The highest BCUT2D eigenvalue weighted by molar-refractivity contribution is 8.00. The van der Waals surface area contributed by atoms with Crippen molar-refractivity contribution in [3.05, 3.63) is 0 Å². The topological polar surface area (TPSA) is 114 Å². The fourth-order valence-corrected chi connectivity index (χ4v) is 2.21. The van der Waals surface area contributed by atoms with Crippen molar-refractivity contribution in [2.75, 3.05) is 12.4 Å². The summed E-state index contributed by atoms with van der Waals surface area (Å²) in [7, 11) is 0. The number of hydrogen-bond donors (Lipinski definition) is 5. The van der Waals surface area contributed by atoms with Crippen LogP contribution < -0.4 is 0 Å². The van der Waals surface area contributed by atoms with Gasteiger partial charge in [0.05, 0.1) is 6.61 Å². The molecule has 1 heterocycles. The summed E-state index contributed by atoms with van der Waals surface area (Å²) in [4.78, 5) is 0. The molecule has 88 valence electrons. The van der Waals surface area contributed by atoms with Crippen molar-refractivity contribution in [1.82, 2.24) is 0 Å². The number of ether oxygens (including phenoxy) is 1. The fourth-order valence-electron chi connectivity index (χ4n) is 1.35. The summed E-state index contributed by atoms with van der Waals surface area (Å²) >= 11 is 1.13. The number of thioether (sulfide) groups is 1. The molecule has 1 aliphatic heterocycles. The maximum atomic E-state index is 9.54. The number of rotatable bonds is 4. The van der Waals surface area contributed by atoms with Gasteiger partial charge in [-0.25, -0.2) is 0 Å². The Labute approximate surface area is 91.4 Å².